The molecule has 7 heteroatoms. The van der Waals surface area contributed by atoms with Crippen molar-refractivity contribution < 1.29 is 4.79 Å². The number of benzene rings is 2. The van der Waals surface area contributed by atoms with Crippen LogP contribution < -0.4 is 15.5 Å². The predicted octanol–water partition coefficient (Wildman–Crippen LogP) is 4.05. The van der Waals surface area contributed by atoms with Gasteiger partial charge in [0, 0.05) is 60.1 Å². The summed E-state index contributed by atoms with van der Waals surface area (Å²) in [4.78, 5) is 16.6. The van der Waals surface area contributed by atoms with Crippen LogP contribution in [0.2, 0.25) is 5.02 Å². The first-order valence-corrected chi connectivity index (χ1v) is 9.80. The van der Waals surface area contributed by atoms with Gasteiger partial charge in [0.2, 0.25) is 0 Å². The minimum absolute atomic E-state index is 0.176. The highest BCUT2D eigenvalue weighted by Crippen LogP contribution is 2.20. The van der Waals surface area contributed by atoms with Crippen LogP contribution in [-0.2, 0) is 0 Å². The molecule has 2 aromatic carbocycles. The van der Waals surface area contributed by atoms with E-state index in [1.165, 1.54) is 5.69 Å². The van der Waals surface area contributed by atoms with Gasteiger partial charge < -0.3 is 15.5 Å². The number of nitrogens with one attached hydrogen (secondary N) is 2. The third kappa shape index (κ3) is 5.62. The summed E-state index contributed by atoms with van der Waals surface area (Å²) >= 11 is 9.45. The van der Waals surface area contributed by atoms with Crippen molar-refractivity contribution >= 4 is 44.9 Å². The Morgan fingerprint density at radius 1 is 1.08 bits per heavy atom. The van der Waals surface area contributed by atoms with Crippen molar-refractivity contribution in [2.45, 2.75) is 0 Å². The average Bonchev–Trinajstić information content (AvgIpc) is 2.64. The lowest BCUT2D eigenvalue weighted by Crippen LogP contribution is -2.48. The number of nitrogens with zero attached hydrogens (tertiary/aromatic N) is 2. The fraction of sp³-hybridized carbons (Fsp3) is 0.316. The lowest BCUT2D eigenvalue weighted by molar-refractivity contribution is 0.240. The number of urea groups is 1. The molecule has 0 aliphatic carbocycles. The molecular weight excluding hydrogens is 416 g/mol. The van der Waals surface area contributed by atoms with E-state index in [9.17, 15) is 4.79 Å². The largest absolute Gasteiger partial charge is 0.369 e. The zero-order valence-electron chi connectivity index (χ0n) is 14.4. The van der Waals surface area contributed by atoms with Gasteiger partial charge in [0.1, 0.15) is 0 Å². The van der Waals surface area contributed by atoms with Crippen LogP contribution in [0.1, 0.15) is 0 Å². The number of amides is 2. The van der Waals surface area contributed by atoms with E-state index in [1.54, 1.807) is 0 Å². The summed E-state index contributed by atoms with van der Waals surface area (Å²) in [5, 5.41) is 6.51. The van der Waals surface area contributed by atoms with Crippen molar-refractivity contribution in [1.82, 2.24) is 10.2 Å². The highest BCUT2D eigenvalue weighted by atomic mass is 79.9. The number of carbonyl (C=O) groups excluding carboxylic acids is 1. The van der Waals surface area contributed by atoms with Crippen molar-refractivity contribution in [3.05, 3.63) is 58.0 Å². The van der Waals surface area contributed by atoms with E-state index in [2.05, 4.69) is 42.4 Å². The van der Waals surface area contributed by atoms with Gasteiger partial charge in [0.25, 0.3) is 0 Å². The van der Waals surface area contributed by atoms with Gasteiger partial charge in [0.15, 0.2) is 0 Å². The van der Waals surface area contributed by atoms with Crippen LogP contribution in [0.4, 0.5) is 16.2 Å². The molecule has 0 atom stereocenters. The summed E-state index contributed by atoms with van der Waals surface area (Å²) in [6.07, 6.45) is 0. The summed E-state index contributed by atoms with van der Waals surface area (Å²) < 4.78 is 0.986. The minimum Gasteiger partial charge on any atom is -0.369 e. The molecule has 0 unspecified atom stereocenters. The van der Waals surface area contributed by atoms with Crippen LogP contribution in [0.5, 0.6) is 0 Å². The third-order valence-corrected chi connectivity index (χ3v) is 5.13. The Morgan fingerprint density at radius 2 is 1.81 bits per heavy atom. The van der Waals surface area contributed by atoms with Crippen LogP contribution in [0.25, 0.3) is 0 Å². The summed E-state index contributed by atoms with van der Waals surface area (Å²) in [6, 6.07) is 15.3. The molecule has 0 radical (unpaired) electrons. The smallest absolute Gasteiger partial charge is 0.319 e. The first-order chi connectivity index (χ1) is 12.6. The quantitative estimate of drug-likeness (QED) is 0.742. The van der Waals surface area contributed by atoms with Crippen LogP contribution in [0.3, 0.4) is 0 Å². The van der Waals surface area contributed by atoms with E-state index < -0.39 is 0 Å². The lowest BCUT2D eigenvalue weighted by Gasteiger charge is -2.36. The molecule has 138 valence electrons. The zero-order valence-corrected chi connectivity index (χ0v) is 16.8. The summed E-state index contributed by atoms with van der Waals surface area (Å²) in [6.45, 7) is 5.35. The molecule has 1 fully saturated rings. The molecule has 26 heavy (non-hydrogen) atoms. The number of hydrogen-bond donors (Lipinski definition) is 2. The van der Waals surface area contributed by atoms with Crippen LogP contribution in [0, 0.1) is 0 Å². The maximum Gasteiger partial charge on any atom is 0.319 e. The van der Waals surface area contributed by atoms with Gasteiger partial charge in [0.05, 0.1) is 0 Å². The number of anilines is 2. The maximum atomic E-state index is 11.9. The lowest BCUT2D eigenvalue weighted by atomic mass is 10.2. The highest BCUT2D eigenvalue weighted by molar-refractivity contribution is 9.10. The van der Waals surface area contributed by atoms with Crippen molar-refractivity contribution in [2.75, 3.05) is 49.5 Å². The van der Waals surface area contributed by atoms with Gasteiger partial charge in [-0.3, -0.25) is 4.90 Å². The maximum absolute atomic E-state index is 11.9. The first kappa shape index (κ1) is 19.0. The Morgan fingerprint density at radius 3 is 2.50 bits per heavy atom. The molecule has 0 aromatic heterocycles. The average molecular weight is 438 g/mol. The Labute approximate surface area is 167 Å². The molecule has 2 aromatic rings. The molecule has 2 amide bonds. The predicted molar refractivity (Wildman–Crippen MR) is 111 cm³/mol. The molecule has 1 aliphatic heterocycles. The van der Waals surface area contributed by atoms with Crippen molar-refractivity contribution in [1.29, 1.82) is 0 Å². The van der Waals surface area contributed by atoms with Gasteiger partial charge in [-0.1, -0.05) is 33.6 Å². The van der Waals surface area contributed by atoms with E-state index in [0.29, 0.717) is 6.54 Å². The molecule has 1 saturated heterocycles. The molecule has 2 N–H and O–H groups in total. The van der Waals surface area contributed by atoms with Crippen LogP contribution >= 0.6 is 27.5 Å². The Hall–Kier alpha value is -1.76. The molecule has 1 aliphatic rings. The second-order valence-electron chi connectivity index (χ2n) is 6.20. The van der Waals surface area contributed by atoms with E-state index >= 15 is 0 Å². The van der Waals surface area contributed by atoms with E-state index in [4.69, 9.17) is 11.6 Å². The highest BCUT2D eigenvalue weighted by Gasteiger charge is 2.17. The third-order valence-electron chi connectivity index (χ3n) is 4.36. The topological polar surface area (TPSA) is 47.6 Å². The number of piperazine rings is 1. The number of carbonyl (C=O) groups is 1. The van der Waals surface area contributed by atoms with E-state index in [-0.39, 0.29) is 6.03 Å². The SMILES string of the molecule is O=C(NCCN1CCN(c2cccc(Cl)c2)CC1)Nc1ccc(Br)cc1. The molecule has 1 heterocycles. The molecule has 5 nitrogen and oxygen atoms in total. The fourth-order valence-electron chi connectivity index (χ4n) is 2.94. The summed E-state index contributed by atoms with van der Waals surface area (Å²) in [5.41, 5.74) is 1.95. The minimum atomic E-state index is -0.176. The second-order valence-corrected chi connectivity index (χ2v) is 7.55. The van der Waals surface area contributed by atoms with Crippen LogP contribution in [-0.4, -0.2) is 50.2 Å². The van der Waals surface area contributed by atoms with Gasteiger partial charge in [-0.25, -0.2) is 4.79 Å². The van der Waals surface area contributed by atoms with Crippen molar-refractivity contribution in [3.8, 4) is 0 Å². The molecule has 3 rings (SSSR count). The standard InChI is InChI=1S/C19H22BrClN4O/c20-15-4-6-17(7-5-15)23-19(26)22-8-9-24-10-12-25(13-11-24)18-3-1-2-16(21)14-18/h1-7,14H,8-13H2,(H2,22,23,26). The number of rotatable bonds is 5. The molecule has 0 spiro atoms. The second kappa shape index (κ2) is 9.26. The number of halogens is 2. The fourth-order valence-corrected chi connectivity index (χ4v) is 3.39. The summed E-state index contributed by atoms with van der Waals surface area (Å²) in [7, 11) is 0. The molecular formula is C19H22BrClN4O. The Kier molecular flexibility index (Phi) is 6.77. The number of hydrogen-bond acceptors (Lipinski definition) is 3. The van der Waals surface area contributed by atoms with Gasteiger partial charge in [-0.05, 0) is 42.5 Å². The van der Waals surface area contributed by atoms with Gasteiger partial charge in [-0.2, -0.15) is 0 Å². The zero-order chi connectivity index (χ0) is 18.4. The normalized spacial score (nSPS) is 14.9. The van der Waals surface area contributed by atoms with Crippen molar-refractivity contribution in [2.24, 2.45) is 0 Å². The molecule has 0 bridgehead atoms. The van der Waals surface area contributed by atoms with Crippen LogP contribution in [0.15, 0.2) is 53.0 Å². The first-order valence-electron chi connectivity index (χ1n) is 8.63. The summed E-state index contributed by atoms with van der Waals surface area (Å²) in [5.74, 6) is 0. The van der Waals surface area contributed by atoms with Gasteiger partial charge >= 0.3 is 6.03 Å². The van der Waals surface area contributed by atoms with Gasteiger partial charge in [-0.15, -0.1) is 0 Å². The molecule has 0 saturated carbocycles. The van der Waals surface area contributed by atoms with E-state index in [0.717, 1.165) is 47.9 Å². The Balaban J connectivity index is 1.36. The monoisotopic (exact) mass is 436 g/mol. The van der Waals surface area contributed by atoms with E-state index in [1.807, 2.05) is 42.5 Å². The Bertz CT molecular complexity index is 733. The van der Waals surface area contributed by atoms with Crippen molar-refractivity contribution in [3.63, 3.8) is 0 Å².